The largest absolute Gasteiger partial charge is 0.462 e. The number of ether oxygens (including phenoxy) is 2. The second kappa shape index (κ2) is 16.6. The highest BCUT2D eigenvalue weighted by molar-refractivity contribution is 5.90. The third-order valence-corrected chi connectivity index (χ3v) is 7.37. The number of allylic oxidation sites excluding steroid dienone is 1. The summed E-state index contributed by atoms with van der Waals surface area (Å²) in [5.74, 6) is 6.72. The average Bonchev–Trinajstić information content (AvgIpc) is 3.56. The molecule has 1 aliphatic rings. The first kappa shape index (κ1) is 32.7. The van der Waals surface area contributed by atoms with Crippen molar-refractivity contribution in [1.82, 2.24) is 0 Å². The molecule has 6 nitrogen and oxygen atoms in total. The maximum absolute atomic E-state index is 12.7. The van der Waals surface area contributed by atoms with E-state index in [4.69, 9.17) is 19.0 Å². The van der Waals surface area contributed by atoms with Gasteiger partial charge in [-0.3, -0.25) is 4.79 Å². The minimum atomic E-state index is -0.420. The zero-order valence-corrected chi connectivity index (χ0v) is 25.6. The van der Waals surface area contributed by atoms with Gasteiger partial charge in [-0.1, -0.05) is 82.1 Å². The van der Waals surface area contributed by atoms with Gasteiger partial charge in [0, 0.05) is 42.0 Å². The summed E-state index contributed by atoms with van der Waals surface area (Å²) in [6, 6.07) is 15.9. The summed E-state index contributed by atoms with van der Waals surface area (Å²) >= 11 is 0. The van der Waals surface area contributed by atoms with Gasteiger partial charge in [-0.25, -0.2) is 4.79 Å². The molecule has 1 N–H and O–H groups in total. The molecule has 1 saturated heterocycles. The Balaban J connectivity index is 0.00000237. The summed E-state index contributed by atoms with van der Waals surface area (Å²) in [5, 5.41) is 7.95. The van der Waals surface area contributed by atoms with Crippen LogP contribution in [0, 0.1) is 30.6 Å². The second-order valence-electron chi connectivity index (χ2n) is 11.0. The van der Waals surface area contributed by atoms with Crippen LogP contribution < -0.4 is 0 Å². The summed E-state index contributed by atoms with van der Waals surface area (Å²) in [7, 11) is 1.00. The Bertz CT molecular complexity index is 1400. The lowest BCUT2D eigenvalue weighted by molar-refractivity contribution is -0.155. The molecule has 1 fully saturated rings. The van der Waals surface area contributed by atoms with Gasteiger partial charge >= 0.3 is 11.9 Å². The normalized spacial score (nSPS) is 16.0. The van der Waals surface area contributed by atoms with E-state index in [1.165, 1.54) is 18.4 Å². The van der Waals surface area contributed by atoms with Gasteiger partial charge < -0.3 is 19.0 Å². The lowest BCUT2D eigenvalue weighted by Crippen LogP contribution is -2.23. The van der Waals surface area contributed by atoms with Gasteiger partial charge in [0.2, 0.25) is 0 Å². The number of carbonyl (C=O) groups excluding carboxylic acids is 2. The molecular weight excluding hydrogens is 528 g/mol. The molecule has 2 heterocycles. The van der Waals surface area contributed by atoms with Crippen LogP contribution in [0.5, 0.6) is 0 Å². The summed E-state index contributed by atoms with van der Waals surface area (Å²) in [6.45, 7) is 8.34. The number of benzene rings is 2. The Morgan fingerprint density at radius 3 is 2.40 bits per heavy atom. The molecule has 2 atom stereocenters. The van der Waals surface area contributed by atoms with Crippen molar-refractivity contribution in [3.8, 4) is 11.8 Å². The first-order valence-electron chi connectivity index (χ1n) is 15.0. The van der Waals surface area contributed by atoms with Crippen LogP contribution in [0.2, 0.25) is 0 Å². The fourth-order valence-corrected chi connectivity index (χ4v) is 5.12. The molecule has 0 aliphatic carbocycles. The summed E-state index contributed by atoms with van der Waals surface area (Å²) < 4.78 is 17.0. The fourth-order valence-electron chi connectivity index (χ4n) is 5.12. The van der Waals surface area contributed by atoms with Gasteiger partial charge in [-0.05, 0) is 55.7 Å². The molecule has 2 unspecified atom stereocenters. The smallest absolute Gasteiger partial charge is 0.334 e. The Kier molecular flexibility index (Phi) is 12.9. The van der Waals surface area contributed by atoms with Crippen LogP contribution in [0.25, 0.3) is 11.0 Å². The predicted molar refractivity (Wildman–Crippen MR) is 166 cm³/mol. The van der Waals surface area contributed by atoms with E-state index in [1.807, 2.05) is 61.5 Å². The zero-order chi connectivity index (χ0) is 30.5. The van der Waals surface area contributed by atoms with Crippen molar-refractivity contribution >= 4 is 22.9 Å². The first-order chi connectivity index (χ1) is 20.3. The van der Waals surface area contributed by atoms with Crippen LogP contribution in [-0.4, -0.2) is 36.9 Å². The topological polar surface area (TPSA) is 86.0 Å². The van der Waals surface area contributed by atoms with E-state index in [2.05, 4.69) is 32.6 Å². The molecule has 0 saturated carbocycles. The fraction of sp³-hybridized carbons (Fsp3) is 0.444. The number of aliphatic hydroxyl groups is 1. The molecule has 1 aromatic heterocycles. The van der Waals surface area contributed by atoms with Crippen LogP contribution in [0.3, 0.4) is 0 Å². The van der Waals surface area contributed by atoms with E-state index < -0.39 is 12.0 Å². The van der Waals surface area contributed by atoms with Crippen LogP contribution in [-0.2, 0) is 25.5 Å². The number of hydrogen-bond donors (Lipinski definition) is 1. The molecule has 4 rings (SSSR count). The van der Waals surface area contributed by atoms with Crippen LogP contribution >= 0.6 is 0 Å². The minimum Gasteiger partial charge on any atom is -0.462 e. The number of esters is 2. The third kappa shape index (κ3) is 9.63. The molecule has 224 valence electrons. The highest BCUT2D eigenvalue weighted by atomic mass is 16.6. The zero-order valence-electron chi connectivity index (χ0n) is 25.6. The summed E-state index contributed by atoms with van der Waals surface area (Å²) in [5.41, 5.74) is 4.54. The molecule has 3 aromatic rings. The number of carbonyl (C=O) groups is 2. The lowest BCUT2D eigenvalue weighted by atomic mass is 9.93. The van der Waals surface area contributed by atoms with Crippen LogP contribution in [0.4, 0.5) is 0 Å². The van der Waals surface area contributed by atoms with Gasteiger partial charge in [0.25, 0.3) is 0 Å². The maximum atomic E-state index is 12.7. The van der Waals surface area contributed by atoms with Crippen molar-refractivity contribution in [2.45, 2.75) is 78.7 Å². The van der Waals surface area contributed by atoms with Crippen molar-refractivity contribution < 1.29 is 28.6 Å². The van der Waals surface area contributed by atoms with Gasteiger partial charge in [-0.15, -0.1) is 0 Å². The number of hydrogen-bond acceptors (Lipinski definition) is 6. The number of furan rings is 1. The maximum Gasteiger partial charge on any atom is 0.334 e. The Morgan fingerprint density at radius 1 is 1.05 bits per heavy atom. The van der Waals surface area contributed by atoms with Crippen molar-refractivity contribution in [2.75, 3.05) is 13.7 Å². The van der Waals surface area contributed by atoms with Crippen molar-refractivity contribution in [1.29, 1.82) is 0 Å². The number of aliphatic hydroxyl groups excluding tert-OH is 1. The number of aryl methyl sites for hydroxylation is 1. The van der Waals surface area contributed by atoms with Gasteiger partial charge in [-0.2, -0.15) is 0 Å². The molecule has 6 heteroatoms. The molecule has 1 aliphatic heterocycles. The molecule has 0 spiro atoms. The lowest BCUT2D eigenvalue weighted by Gasteiger charge is -2.13. The molecule has 2 aromatic carbocycles. The molecule has 0 bridgehead atoms. The average molecular weight is 573 g/mol. The minimum absolute atomic E-state index is 0.0722. The number of cyclic esters (lactones) is 1. The van der Waals surface area contributed by atoms with E-state index in [-0.39, 0.29) is 18.5 Å². The van der Waals surface area contributed by atoms with Gasteiger partial charge in [0.1, 0.15) is 24.1 Å². The molecule has 0 radical (unpaired) electrons. The van der Waals surface area contributed by atoms with Crippen molar-refractivity contribution in [2.24, 2.45) is 11.8 Å². The van der Waals surface area contributed by atoms with Crippen molar-refractivity contribution in [3.63, 3.8) is 0 Å². The highest BCUT2D eigenvalue weighted by Crippen LogP contribution is 2.26. The number of fused-ring (bicyclic) bond motifs is 1. The predicted octanol–water partition coefficient (Wildman–Crippen LogP) is 7.32. The second-order valence-corrected chi connectivity index (χ2v) is 11.0. The Labute approximate surface area is 250 Å². The first-order valence-corrected chi connectivity index (χ1v) is 15.0. The van der Waals surface area contributed by atoms with E-state index >= 15 is 0 Å². The van der Waals surface area contributed by atoms with E-state index in [0.29, 0.717) is 30.1 Å². The third-order valence-electron chi connectivity index (χ3n) is 7.37. The number of rotatable bonds is 11. The van der Waals surface area contributed by atoms with Crippen molar-refractivity contribution in [3.05, 3.63) is 82.6 Å². The van der Waals surface area contributed by atoms with Gasteiger partial charge in [0.15, 0.2) is 0 Å². The standard InChI is InChI=1S/C35H40O5.CH4O/c1-5-7-26(8-6-2)15-17-29-21-32(40-35(29)37)23-38-34(36)25(4)19-31-22-30-20-28(16-18-33(30)39-31)14-13-27-11-9-24(3)10-12-27;1-2/h9-12,16-18,20,22,25-26,32H,5-8,15,19,21,23H2,1-4H3;2H,1H3/b29-17+;. The SMILES string of the molecule is CCCC(C/C=C1\CC(COC(=O)C(C)Cc2cc3cc(C#Cc4ccc(C)cc4)ccc3o2)OC1=O)CCC.CO. The summed E-state index contributed by atoms with van der Waals surface area (Å²) in [6.07, 6.45) is 8.04. The highest BCUT2D eigenvalue weighted by Gasteiger charge is 2.30. The van der Waals surface area contributed by atoms with Crippen LogP contribution in [0.15, 0.2) is 64.6 Å². The molecule has 42 heavy (non-hydrogen) atoms. The van der Waals surface area contributed by atoms with Gasteiger partial charge in [0.05, 0.1) is 5.92 Å². The Morgan fingerprint density at radius 2 is 1.71 bits per heavy atom. The molecular formula is C36H44O6. The van der Waals surface area contributed by atoms with E-state index in [0.717, 1.165) is 48.5 Å². The van der Waals surface area contributed by atoms with E-state index in [1.54, 1.807) is 0 Å². The monoisotopic (exact) mass is 572 g/mol. The summed E-state index contributed by atoms with van der Waals surface area (Å²) in [4.78, 5) is 25.0. The molecule has 0 amide bonds. The van der Waals surface area contributed by atoms with Crippen LogP contribution in [0.1, 0.15) is 81.7 Å². The quantitative estimate of drug-likeness (QED) is 0.147. The Hall–Kier alpha value is -3.82. The van der Waals surface area contributed by atoms with E-state index in [9.17, 15) is 9.59 Å².